The van der Waals surface area contributed by atoms with Gasteiger partial charge >= 0.3 is 0 Å². The van der Waals surface area contributed by atoms with Gasteiger partial charge < -0.3 is 4.57 Å². The lowest BCUT2D eigenvalue weighted by Crippen LogP contribution is -1.99. The normalized spacial score (nSPS) is 11.8. The molecule has 4 heterocycles. The van der Waals surface area contributed by atoms with Crippen LogP contribution in [0.5, 0.6) is 0 Å². The van der Waals surface area contributed by atoms with Crippen LogP contribution >= 0.6 is 0 Å². The number of hydrogen-bond donors (Lipinski definition) is 0. The molecule has 0 radical (unpaired) electrons. The molecule has 0 bridgehead atoms. The summed E-state index contributed by atoms with van der Waals surface area (Å²) in [4.78, 5) is 15.9. The summed E-state index contributed by atoms with van der Waals surface area (Å²) < 4.78 is 4.76. The van der Waals surface area contributed by atoms with E-state index >= 15 is 0 Å². The number of para-hydroxylation sites is 3. The standard InChI is InChI=1S/C59H37N5/c1-5-18-38(19-6-1)47-35-54-56(46-28-14-13-26-44(46)47)49-34-48-45-27-15-16-31-51(45)64(52(48)36-53(49)63(54)42-24-11-4-12-25-42)55-33-32-41(37-60-55)43-29-17-30-50-59(43)62-58(40-22-9-3-10-23-40)57(61-50)39-20-7-2-8-21-39/h1-37H. The van der Waals surface area contributed by atoms with Crippen molar-refractivity contribution in [3.8, 4) is 56.3 Å². The number of hydrogen-bond acceptors (Lipinski definition) is 3. The van der Waals surface area contributed by atoms with Gasteiger partial charge in [-0.15, -0.1) is 0 Å². The van der Waals surface area contributed by atoms with Crippen LogP contribution < -0.4 is 0 Å². The van der Waals surface area contributed by atoms with Gasteiger partial charge in [0.1, 0.15) is 5.82 Å². The van der Waals surface area contributed by atoms with Crippen molar-refractivity contribution >= 4 is 65.4 Å². The van der Waals surface area contributed by atoms with Crippen LogP contribution in [0.4, 0.5) is 0 Å². The molecule has 13 rings (SSSR count). The van der Waals surface area contributed by atoms with Crippen LogP contribution in [0.1, 0.15) is 0 Å². The minimum absolute atomic E-state index is 0.837. The molecule has 0 saturated carbocycles. The highest BCUT2D eigenvalue weighted by molar-refractivity contribution is 6.27. The van der Waals surface area contributed by atoms with Crippen molar-refractivity contribution < 1.29 is 0 Å². The van der Waals surface area contributed by atoms with Gasteiger partial charge in [-0.3, -0.25) is 4.57 Å². The fourth-order valence-corrected chi connectivity index (χ4v) is 9.88. The maximum Gasteiger partial charge on any atom is 0.137 e. The van der Waals surface area contributed by atoms with Crippen LogP contribution in [0.25, 0.3) is 122 Å². The highest BCUT2D eigenvalue weighted by Crippen LogP contribution is 2.44. The van der Waals surface area contributed by atoms with E-state index in [2.05, 4.69) is 197 Å². The first-order valence-corrected chi connectivity index (χ1v) is 21.7. The Balaban J connectivity index is 1.03. The molecule has 0 aliphatic rings. The second kappa shape index (κ2) is 14.5. The third kappa shape index (κ3) is 5.61. The van der Waals surface area contributed by atoms with Crippen LogP contribution in [-0.4, -0.2) is 24.1 Å². The Morgan fingerprint density at radius 3 is 1.64 bits per heavy atom. The van der Waals surface area contributed by atoms with E-state index in [1.165, 1.54) is 49.0 Å². The molecule has 13 aromatic rings. The molecule has 0 N–H and O–H groups in total. The number of aromatic nitrogens is 5. The molecular formula is C59H37N5. The van der Waals surface area contributed by atoms with E-state index in [-0.39, 0.29) is 0 Å². The SMILES string of the molecule is c1ccc(-c2nc3cccc(-c4ccc(-n5c6ccccc6c6cc7c8c9ccccc9c(-c9ccccc9)cc8n(-c8ccccc8)c7cc65)nc4)c3nc2-c2ccccc2)cc1. The fourth-order valence-electron chi connectivity index (χ4n) is 9.88. The summed E-state index contributed by atoms with van der Waals surface area (Å²) >= 11 is 0. The van der Waals surface area contributed by atoms with Gasteiger partial charge in [-0.05, 0) is 76.5 Å². The van der Waals surface area contributed by atoms with Gasteiger partial charge in [0.05, 0.1) is 44.5 Å². The molecule has 0 atom stereocenters. The maximum atomic E-state index is 5.38. The second-order valence-corrected chi connectivity index (χ2v) is 16.4. The predicted octanol–water partition coefficient (Wildman–Crippen LogP) is 15.0. The largest absolute Gasteiger partial charge is 0.309 e. The van der Waals surface area contributed by atoms with Gasteiger partial charge in [0.2, 0.25) is 0 Å². The van der Waals surface area contributed by atoms with Crippen molar-refractivity contribution in [1.82, 2.24) is 24.1 Å². The van der Waals surface area contributed by atoms with Gasteiger partial charge in [0.25, 0.3) is 0 Å². The van der Waals surface area contributed by atoms with Crippen molar-refractivity contribution in [2.75, 3.05) is 0 Å². The van der Waals surface area contributed by atoms with Crippen LogP contribution in [-0.2, 0) is 0 Å². The first-order chi connectivity index (χ1) is 31.8. The Hall–Kier alpha value is -8.67. The summed E-state index contributed by atoms with van der Waals surface area (Å²) in [5.41, 5.74) is 15.5. The molecule has 9 aromatic carbocycles. The molecule has 0 fully saturated rings. The van der Waals surface area contributed by atoms with Crippen molar-refractivity contribution in [3.05, 3.63) is 225 Å². The van der Waals surface area contributed by atoms with Crippen LogP contribution in [0, 0.1) is 0 Å². The molecule has 0 amide bonds. The summed E-state index contributed by atoms with van der Waals surface area (Å²) in [6.07, 6.45) is 1.98. The van der Waals surface area contributed by atoms with Crippen molar-refractivity contribution in [3.63, 3.8) is 0 Å². The van der Waals surface area contributed by atoms with E-state index in [9.17, 15) is 0 Å². The topological polar surface area (TPSA) is 48.5 Å². The fraction of sp³-hybridized carbons (Fsp3) is 0. The first-order valence-electron chi connectivity index (χ1n) is 21.7. The summed E-state index contributed by atoms with van der Waals surface area (Å²) in [6.45, 7) is 0. The van der Waals surface area contributed by atoms with Crippen molar-refractivity contribution in [1.29, 1.82) is 0 Å². The third-order valence-corrected chi connectivity index (χ3v) is 12.7. The lowest BCUT2D eigenvalue weighted by molar-refractivity contribution is 1.08. The molecule has 298 valence electrons. The average molecular weight is 816 g/mol. The van der Waals surface area contributed by atoms with Crippen LogP contribution in [0.3, 0.4) is 0 Å². The molecular weight excluding hydrogens is 779 g/mol. The highest BCUT2D eigenvalue weighted by atomic mass is 15.1. The van der Waals surface area contributed by atoms with Crippen LogP contribution in [0.15, 0.2) is 225 Å². The Labute approximate surface area is 368 Å². The Kier molecular flexibility index (Phi) is 8.15. The molecule has 5 heteroatoms. The summed E-state index contributed by atoms with van der Waals surface area (Å²) in [5.74, 6) is 0.844. The third-order valence-electron chi connectivity index (χ3n) is 12.7. The summed E-state index contributed by atoms with van der Waals surface area (Å²) in [6, 6.07) is 77.4. The number of pyridine rings is 1. The number of nitrogens with zero attached hydrogens (tertiary/aromatic N) is 5. The zero-order valence-electron chi connectivity index (χ0n) is 34.6. The van der Waals surface area contributed by atoms with E-state index in [1.807, 2.05) is 36.5 Å². The molecule has 64 heavy (non-hydrogen) atoms. The number of fused-ring (bicyclic) bond motifs is 9. The molecule has 0 spiro atoms. The average Bonchev–Trinajstić information content (AvgIpc) is 3.87. The molecule has 0 unspecified atom stereocenters. The minimum atomic E-state index is 0.837. The zero-order chi connectivity index (χ0) is 42.1. The van der Waals surface area contributed by atoms with E-state index in [1.54, 1.807) is 0 Å². The van der Waals surface area contributed by atoms with E-state index < -0.39 is 0 Å². The second-order valence-electron chi connectivity index (χ2n) is 16.4. The number of rotatable bonds is 6. The van der Waals surface area contributed by atoms with Gasteiger partial charge in [0, 0.05) is 55.7 Å². The predicted molar refractivity (Wildman–Crippen MR) is 265 cm³/mol. The molecule has 0 saturated heterocycles. The maximum absolute atomic E-state index is 5.38. The van der Waals surface area contributed by atoms with E-state index in [0.29, 0.717) is 0 Å². The van der Waals surface area contributed by atoms with Crippen molar-refractivity contribution in [2.24, 2.45) is 0 Å². The Bertz CT molecular complexity index is 3910. The Morgan fingerprint density at radius 2 is 0.938 bits per heavy atom. The van der Waals surface area contributed by atoms with E-state index in [0.717, 1.165) is 72.7 Å². The summed E-state index contributed by atoms with van der Waals surface area (Å²) in [5, 5.41) is 7.32. The number of benzene rings is 9. The molecule has 5 nitrogen and oxygen atoms in total. The molecule has 4 aromatic heterocycles. The summed E-state index contributed by atoms with van der Waals surface area (Å²) in [7, 11) is 0. The monoisotopic (exact) mass is 815 g/mol. The molecule has 0 aliphatic carbocycles. The first kappa shape index (κ1) is 36.0. The van der Waals surface area contributed by atoms with Gasteiger partial charge in [-0.1, -0.05) is 164 Å². The highest BCUT2D eigenvalue weighted by Gasteiger charge is 2.22. The van der Waals surface area contributed by atoms with Crippen molar-refractivity contribution in [2.45, 2.75) is 0 Å². The molecule has 0 aliphatic heterocycles. The van der Waals surface area contributed by atoms with Crippen LogP contribution in [0.2, 0.25) is 0 Å². The lowest BCUT2D eigenvalue weighted by atomic mass is 9.94. The van der Waals surface area contributed by atoms with Gasteiger partial charge in [-0.2, -0.15) is 0 Å². The smallest absolute Gasteiger partial charge is 0.137 e. The minimum Gasteiger partial charge on any atom is -0.309 e. The quantitative estimate of drug-likeness (QED) is 0.168. The van der Waals surface area contributed by atoms with Gasteiger partial charge in [-0.25, -0.2) is 15.0 Å². The van der Waals surface area contributed by atoms with Gasteiger partial charge in [0.15, 0.2) is 0 Å². The Morgan fingerprint density at radius 1 is 0.328 bits per heavy atom. The zero-order valence-corrected chi connectivity index (χ0v) is 34.6. The van der Waals surface area contributed by atoms with E-state index in [4.69, 9.17) is 15.0 Å². The lowest BCUT2D eigenvalue weighted by Gasteiger charge is -2.13.